The van der Waals surface area contributed by atoms with E-state index in [0.717, 1.165) is 44.1 Å². The number of fused-ring (bicyclic) bond motifs is 4. The molecule has 0 bridgehead atoms. The number of rotatable bonds is 7. The number of esters is 1. The molecule has 1 heterocycles. The van der Waals surface area contributed by atoms with E-state index in [4.69, 9.17) is 4.74 Å². The van der Waals surface area contributed by atoms with Gasteiger partial charge in [-0.3, -0.25) is 9.59 Å². The van der Waals surface area contributed by atoms with Crippen LogP contribution in [0.5, 0.6) is 0 Å². The summed E-state index contributed by atoms with van der Waals surface area (Å²) in [6.45, 7) is 15.3. The summed E-state index contributed by atoms with van der Waals surface area (Å²) in [5.41, 5.74) is 1.77. The van der Waals surface area contributed by atoms with Crippen molar-refractivity contribution >= 4 is 17.7 Å². The highest BCUT2D eigenvalue weighted by Gasteiger charge is 2.83. The Morgan fingerprint density at radius 3 is 2.57 bits per heavy atom. The number of allylic oxidation sites excluding steroid dienone is 2. The van der Waals surface area contributed by atoms with Gasteiger partial charge in [-0.25, -0.2) is 4.79 Å². The summed E-state index contributed by atoms with van der Waals surface area (Å²) >= 11 is 0. The molecule has 0 aromatic carbocycles. The molecule has 1 N–H and O–H groups in total. The largest absolute Gasteiger partial charge is 0.481 e. The molecule has 0 aromatic rings. The van der Waals surface area contributed by atoms with Gasteiger partial charge in [0, 0.05) is 24.3 Å². The molecule has 1 aliphatic heterocycles. The van der Waals surface area contributed by atoms with E-state index in [0.29, 0.717) is 36.2 Å². The van der Waals surface area contributed by atoms with Crippen molar-refractivity contribution in [2.75, 3.05) is 0 Å². The highest BCUT2D eigenvalue weighted by molar-refractivity contribution is 5.91. The summed E-state index contributed by atoms with van der Waals surface area (Å²) in [6.07, 6.45) is 9.29. The third kappa shape index (κ3) is 3.21. The topological polar surface area (TPSA) is 80.7 Å². The Kier molecular flexibility index (Phi) is 5.51. The van der Waals surface area contributed by atoms with Gasteiger partial charge in [0.2, 0.25) is 0 Å². The molecule has 4 aliphatic carbocycles. The highest BCUT2D eigenvalue weighted by atomic mass is 16.6. The number of carboxylic acid groups (broad SMARTS) is 1. The standard InChI is InChI=1S/C30H42O5/c1-17(2)13-20(31)14-18(3)21-7-9-28(6)23-15-22-25(19(4)26(34)35-22)30(10-8-24(32)33)16-29(23,30)12-11-27(21,28)5/h13,18,21-23,25H,4,7-12,14-16H2,1-3,5-6H3,(H,32,33)/t18?,21?,22-,23?,25-,27-,28+,29+,30-/m1/s1. The van der Waals surface area contributed by atoms with Gasteiger partial charge >= 0.3 is 11.9 Å². The van der Waals surface area contributed by atoms with Crippen LogP contribution in [-0.2, 0) is 19.1 Å². The molecule has 5 fully saturated rings. The Labute approximate surface area is 209 Å². The van der Waals surface area contributed by atoms with Crippen LogP contribution in [0.2, 0.25) is 0 Å². The number of ketones is 1. The van der Waals surface area contributed by atoms with Crippen molar-refractivity contribution < 1.29 is 24.2 Å². The molecular weight excluding hydrogens is 440 g/mol. The first-order valence-corrected chi connectivity index (χ1v) is 13.6. The van der Waals surface area contributed by atoms with Gasteiger partial charge in [-0.1, -0.05) is 32.9 Å². The number of carbonyl (C=O) groups is 3. The molecule has 1 spiro atoms. The monoisotopic (exact) mass is 482 g/mol. The smallest absolute Gasteiger partial charge is 0.334 e. The van der Waals surface area contributed by atoms with Gasteiger partial charge < -0.3 is 9.84 Å². The normalized spacial score (nSPS) is 46.0. The van der Waals surface area contributed by atoms with Crippen molar-refractivity contribution in [3.8, 4) is 0 Å². The van der Waals surface area contributed by atoms with Crippen LogP contribution in [0.25, 0.3) is 0 Å². The summed E-state index contributed by atoms with van der Waals surface area (Å²) in [5.74, 6) is 0.386. The van der Waals surface area contributed by atoms with Crippen molar-refractivity contribution in [2.24, 2.45) is 45.3 Å². The van der Waals surface area contributed by atoms with E-state index < -0.39 is 5.97 Å². The summed E-state index contributed by atoms with van der Waals surface area (Å²) in [5, 5.41) is 9.54. The fourth-order valence-electron chi connectivity index (χ4n) is 10.3. The van der Waals surface area contributed by atoms with E-state index in [1.54, 1.807) is 6.08 Å². The lowest BCUT2D eigenvalue weighted by Gasteiger charge is -2.61. The Hall–Kier alpha value is -1.91. The molecule has 5 nitrogen and oxygen atoms in total. The fraction of sp³-hybridized carbons (Fsp3) is 0.767. The lowest BCUT2D eigenvalue weighted by atomic mass is 9.43. The van der Waals surface area contributed by atoms with Crippen molar-refractivity contribution in [2.45, 2.75) is 98.5 Å². The van der Waals surface area contributed by atoms with Crippen molar-refractivity contribution in [3.05, 3.63) is 23.8 Å². The van der Waals surface area contributed by atoms with E-state index in [1.165, 1.54) is 0 Å². The molecule has 5 aliphatic rings. The lowest BCUT2D eigenvalue weighted by Crippen LogP contribution is -2.56. The van der Waals surface area contributed by atoms with Crippen LogP contribution in [-0.4, -0.2) is 28.9 Å². The van der Waals surface area contributed by atoms with Crippen LogP contribution >= 0.6 is 0 Å². The van der Waals surface area contributed by atoms with Crippen LogP contribution in [0.1, 0.15) is 92.4 Å². The zero-order valence-electron chi connectivity index (χ0n) is 22.1. The average Bonchev–Trinajstić information content (AvgIpc) is 3.21. The van der Waals surface area contributed by atoms with Gasteiger partial charge in [-0.2, -0.15) is 0 Å². The zero-order valence-corrected chi connectivity index (χ0v) is 22.1. The number of hydrogen-bond acceptors (Lipinski definition) is 4. The molecule has 1 saturated heterocycles. The minimum absolute atomic E-state index is 0.0311. The lowest BCUT2D eigenvalue weighted by molar-refractivity contribution is -0.158. The van der Waals surface area contributed by atoms with E-state index in [-0.39, 0.29) is 51.9 Å². The maximum Gasteiger partial charge on any atom is 0.334 e. The first-order chi connectivity index (χ1) is 16.3. The number of carboxylic acids is 1. The molecule has 5 rings (SSSR count). The zero-order chi connectivity index (χ0) is 25.6. The second-order valence-corrected chi connectivity index (χ2v) is 13.5. The van der Waals surface area contributed by atoms with Crippen LogP contribution < -0.4 is 0 Å². The maximum absolute atomic E-state index is 12.6. The van der Waals surface area contributed by atoms with Crippen molar-refractivity contribution in [3.63, 3.8) is 0 Å². The predicted octanol–water partition coefficient (Wildman–Crippen LogP) is 6.12. The Morgan fingerprint density at radius 1 is 1.20 bits per heavy atom. The summed E-state index contributed by atoms with van der Waals surface area (Å²) in [7, 11) is 0. The highest BCUT2D eigenvalue weighted by Crippen LogP contribution is 2.88. The minimum atomic E-state index is -0.765. The van der Waals surface area contributed by atoms with Crippen LogP contribution in [0.4, 0.5) is 0 Å². The third-order valence-corrected chi connectivity index (χ3v) is 11.9. The first-order valence-electron chi connectivity index (χ1n) is 13.6. The summed E-state index contributed by atoms with van der Waals surface area (Å²) in [4.78, 5) is 36.8. The SMILES string of the molecule is C=C1C(=O)O[C@@H]2CC3[C@]4(CC[C@]5(C)C(C(C)CC(=O)C=C(C)C)CC[C@@]35C)C[C@]4(CCC(=O)O)[C@H]12. The quantitative estimate of drug-likeness (QED) is 0.349. The maximum atomic E-state index is 12.6. The molecule has 192 valence electrons. The first kappa shape index (κ1) is 24.8. The molecule has 35 heavy (non-hydrogen) atoms. The molecule has 5 heteroatoms. The van der Waals surface area contributed by atoms with Crippen LogP contribution in [0, 0.1) is 45.3 Å². The van der Waals surface area contributed by atoms with E-state index >= 15 is 0 Å². The Bertz CT molecular complexity index is 1020. The summed E-state index contributed by atoms with van der Waals surface area (Å²) in [6, 6.07) is 0. The molecular formula is C30H42O5. The van der Waals surface area contributed by atoms with Crippen molar-refractivity contribution in [1.82, 2.24) is 0 Å². The minimum Gasteiger partial charge on any atom is -0.481 e. The van der Waals surface area contributed by atoms with Crippen molar-refractivity contribution in [1.29, 1.82) is 0 Å². The second kappa shape index (κ2) is 7.79. The molecule has 0 amide bonds. The van der Waals surface area contributed by atoms with Gasteiger partial charge in [0.1, 0.15) is 6.10 Å². The van der Waals surface area contributed by atoms with E-state index in [1.807, 2.05) is 13.8 Å². The van der Waals surface area contributed by atoms with Crippen LogP contribution in [0.3, 0.4) is 0 Å². The van der Waals surface area contributed by atoms with E-state index in [2.05, 4.69) is 27.4 Å². The van der Waals surface area contributed by atoms with Gasteiger partial charge in [0.15, 0.2) is 5.78 Å². The average molecular weight is 483 g/mol. The summed E-state index contributed by atoms with van der Waals surface area (Å²) < 4.78 is 5.91. The Balaban J connectivity index is 1.47. The number of ether oxygens (including phenoxy) is 1. The van der Waals surface area contributed by atoms with Gasteiger partial charge in [0.05, 0.1) is 0 Å². The van der Waals surface area contributed by atoms with Gasteiger partial charge in [-0.05, 0) is 104 Å². The molecule has 9 atom stereocenters. The third-order valence-electron chi connectivity index (χ3n) is 11.9. The molecule has 0 aromatic heterocycles. The number of hydrogen-bond donors (Lipinski definition) is 1. The molecule has 0 radical (unpaired) electrons. The van der Waals surface area contributed by atoms with E-state index in [9.17, 15) is 19.5 Å². The van der Waals surface area contributed by atoms with Gasteiger partial charge in [-0.15, -0.1) is 0 Å². The second-order valence-electron chi connectivity index (χ2n) is 13.5. The van der Waals surface area contributed by atoms with Crippen LogP contribution in [0.15, 0.2) is 23.8 Å². The Morgan fingerprint density at radius 2 is 1.91 bits per heavy atom. The fourth-order valence-corrected chi connectivity index (χ4v) is 10.3. The molecule has 3 unspecified atom stereocenters. The number of carbonyl (C=O) groups excluding carboxylic acids is 2. The molecule has 4 saturated carbocycles. The predicted molar refractivity (Wildman–Crippen MR) is 133 cm³/mol. The number of aliphatic carboxylic acids is 1. The van der Waals surface area contributed by atoms with Gasteiger partial charge in [0.25, 0.3) is 0 Å².